The van der Waals surface area contributed by atoms with Crippen LogP contribution in [-0.2, 0) is 0 Å². The van der Waals surface area contributed by atoms with Gasteiger partial charge in [-0.3, -0.25) is 0 Å². The van der Waals surface area contributed by atoms with E-state index in [0.717, 1.165) is 29.9 Å². The van der Waals surface area contributed by atoms with Gasteiger partial charge >= 0.3 is 0 Å². The summed E-state index contributed by atoms with van der Waals surface area (Å²) in [6.45, 7) is 2.36. The summed E-state index contributed by atoms with van der Waals surface area (Å²) in [4.78, 5) is 2.14. The number of ether oxygens (including phenoxy) is 2. The van der Waals surface area contributed by atoms with Crippen molar-refractivity contribution >= 4 is 0 Å². The van der Waals surface area contributed by atoms with Crippen LogP contribution in [-0.4, -0.2) is 25.8 Å². The van der Waals surface area contributed by atoms with Gasteiger partial charge in [-0.15, -0.1) is 0 Å². The number of nitrogens with zero attached hydrogens (tertiary/aromatic N) is 2. The van der Waals surface area contributed by atoms with Crippen molar-refractivity contribution in [3.8, 4) is 17.6 Å². The average molecular weight is 258 g/mol. The molecule has 0 spiro atoms. The fourth-order valence-corrected chi connectivity index (χ4v) is 3.01. The second-order valence-electron chi connectivity index (χ2n) is 5.70. The molecule has 1 saturated carbocycles. The van der Waals surface area contributed by atoms with Crippen LogP contribution in [0.5, 0.6) is 11.5 Å². The Labute approximate surface area is 113 Å². The van der Waals surface area contributed by atoms with E-state index in [2.05, 4.69) is 17.9 Å². The summed E-state index contributed by atoms with van der Waals surface area (Å²) in [5.74, 6) is 1.60. The van der Waals surface area contributed by atoms with E-state index in [4.69, 9.17) is 9.47 Å². The van der Waals surface area contributed by atoms with Gasteiger partial charge in [0.1, 0.15) is 0 Å². The monoisotopic (exact) mass is 258 g/mol. The average Bonchev–Trinajstić information content (AvgIpc) is 3.02. The summed E-state index contributed by atoms with van der Waals surface area (Å²) < 4.78 is 10.9. The molecule has 1 atom stereocenters. The molecule has 1 heterocycles. The minimum Gasteiger partial charge on any atom is -0.454 e. The molecule has 4 nitrogen and oxygen atoms in total. The summed E-state index contributed by atoms with van der Waals surface area (Å²) in [6, 6.07) is 6.69. The lowest BCUT2D eigenvalue weighted by atomic mass is 9.87. The third-order valence-corrected chi connectivity index (χ3v) is 4.11. The Morgan fingerprint density at radius 3 is 2.42 bits per heavy atom. The Morgan fingerprint density at radius 1 is 1.26 bits per heavy atom. The zero-order chi connectivity index (χ0) is 13.6. The van der Waals surface area contributed by atoms with Gasteiger partial charge in [-0.25, -0.2) is 0 Å². The molecule has 0 radical (unpaired) electrons. The number of nitriles is 1. The standard InChI is InChI=1S/C15H18N2O2/c1-10-6-12-13(19-9-18-12)7-11(10)14(17(2)3)15(8-16)4-5-15/h6-7,14H,4-5,9H2,1-3H3. The second-order valence-corrected chi connectivity index (χ2v) is 5.70. The van der Waals surface area contributed by atoms with Crippen molar-refractivity contribution in [3.05, 3.63) is 23.3 Å². The van der Waals surface area contributed by atoms with Crippen molar-refractivity contribution in [3.63, 3.8) is 0 Å². The Morgan fingerprint density at radius 2 is 1.89 bits per heavy atom. The van der Waals surface area contributed by atoms with Gasteiger partial charge in [0.2, 0.25) is 6.79 Å². The van der Waals surface area contributed by atoms with Crippen LogP contribution >= 0.6 is 0 Å². The van der Waals surface area contributed by atoms with E-state index >= 15 is 0 Å². The van der Waals surface area contributed by atoms with Crippen molar-refractivity contribution in [1.29, 1.82) is 5.26 Å². The molecular formula is C15H18N2O2. The fraction of sp³-hybridized carbons (Fsp3) is 0.533. The molecule has 3 rings (SSSR count). The Balaban J connectivity index is 2.07. The molecule has 0 bridgehead atoms. The van der Waals surface area contributed by atoms with Gasteiger partial charge in [0.15, 0.2) is 11.5 Å². The van der Waals surface area contributed by atoms with E-state index in [-0.39, 0.29) is 18.2 Å². The Bertz CT molecular complexity index is 556. The van der Waals surface area contributed by atoms with Gasteiger partial charge in [-0.1, -0.05) is 0 Å². The van der Waals surface area contributed by atoms with Crippen molar-refractivity contribution in [2.45, 2.75) is 25.8 Å². The Kier molecular flexibility index (Phi) is 2.68. The van der Waals surface area contributed by atoms with E-state index in [1.807, 2.05) is 26.2 Å². The molecule has 4 heteroatoms. The van der Waals surface area contributed by atoms with Crippen LogP contribution in [0.4, 0.5) is 0 Å². The molecule has 0 N–H and O–H groups in total. The summed E-state index contributed by atoms with van der Waals surface area (Å²) in [5.41, 5.74) is 2.10. The van der Waals surface area contributed by atoms with Crippen LogP contribution in [0, 0.1) is 23.7 Å². The predicted octanol–water partition coefficient (Wildman–Crippen LogP) is 2.63. The first kappa shape index (κ1) is 12.3. The summed E-state index contributed by atoms with van der Waals surface area (Å²) in [5, 5.41) is 9.49. The van der Waals surface area contributed by atoms with Gasteiger partial charge in [0.25, 0.3) is 0 Å². The number of hydrogen-bond donors (Lipinski definition) is 0. The Hall–Kier alpha value is -1.73. The highest BCUT2D eigenvalue weighted by Gasteiger charge is 2.52. The topological polar surface area (TPSA) is 45.5 Å². The zero-order valence-electron chi connectivity index (χ0n) is 11.6. The van der Waals surface area contributed by atoms with Gasteiger partial charge in [-0.2, -0.15) is 5.26 Å². The molecule has 19 heavy (non-hydrogen) atoms. The molecule has 1 fully saturated rings. The molecule has 2 aliphatic rings. The van der Waals surface area contributed by atoms with Crippen molar-refractivity contribution in [2.24, 2.45) is 5.41 Å². The highest BCUT2D eigenvalue weighted by atomic mass is 16.7. The minimum atomic E-state index is -0.234. The second kappa shape index (κ2) is 4.14. The van der Waals surface area contributed by atoms with Crippen molar-refractivity contribution in [1.82, 2.24) is 4.90 Å². The summed E-state index contributed by atoms with van der Waals surface area (Å²) >= 11 is 0. The smallest absolute Gasteiger partial charge is 0.231 e. The minimum absolute atomic E-state index is 0.118. The third-order valence-electron chi connectivity index (χ3n) is 4.11. The first-order valence-corrected chi connectivity index (χ1v) is 6.55. The van der Waals surface area contributed by atoms with Crippen molar-refractivity contribution in [2.75, 3.05) is 20.9 Å². The van der Waals surface area contributed by atoms with Gasteiger partial charge in [0.05, 0.1) is 17.5 Å². The van der Waals surface area contributed by atoms with Crippen molar-refractivity contribution < 1.29 is 9.47 Å². The molecule has 1 aromatic rings. The predicted molar refractivity (Wildman–Crippen MR) is 71.0 cm³/mol. The molecule has 0 aromatic heterocycles. The van der Waals surface area contributed by atoms with Crippen LogP contribution in [0.3, 0.4) is 0 Å². The van der Waals surface area contributed by atoms with Crippen LogP contribution in [0.2, 0.25) is 0 Å². The first-order valence-electron chi connectivity index (χ1n) is 6.55. The lowest BCUT2D eigenvalue weighted by Gasteiger charge is -2.30. The first-order chi connectivity index (χ1) is 9.07. The molecule has 100 valence electrons. The number of rotatable bonds is 3. The third kappa shape index (κ3) is 1.85. The van der Waals surface area contributed by atoms with Gasteiger partial charge in [-0.05, 0) is 57.1 Å². The molecule has 1 unspecified atom stereocenters. The van der Waals surface area contributed by atoms with Gasteiger partial charge < -0.3 is 14.4 Å². The normalized spacial score (nSPS) is 20.2. The van der Waals surface area contributed by atoms with Crippen LogP contribution in [0.25, 0.3) is 0 Å². The SMILES string of the molecule is Cc1cc2c(cc1C(N(C)C)C1(C#N)CC1)OCO2. The molecule has 1 aliphatic carbocycles. The van der Waals surface area contributed by atoms with Crippen LogP contribution in [0.1, 0.15) is 30.0 Å². The highest BCUT2D eigenvalue weighted by Crippen LogP contribution is 2.57. The fourth-order valence-electron chi connectivity index (χ4n) is 3.01. The maximum atomic E-state index is 9.49. The number of aryl methyl sites for hydroxylation is 1. The van der Waals surface area contributed by atoms with Gasteiger partial charge in [0, 0.05) is 0 Å². The molecule has 0 amide bonds. The number of benzene rings is 1. The quantitative estimate of drug-likeness (QED) is 0.836. The molecular weight excluding hydrogens is 240 g/mol. The van der Waals surface area contributed by atoms with E-state index in [0.29, 0.717) is 0 Å². The van der Waals surface area contributed by atoms with E-state index in [1.165, 1.54) is 5.56 Å². The summed E-state index contributed by atoms with van der Waals surface area (Å²) in [7, 11) is 4.07. The lowest BCUT2D eigenvalue weighted by molar-refractivity contribution is 0.173. The maximum Gasteiger partial charge on any atom is 0.231 e. The van der Waals surface area contributed by atoms with Crippen LogP contribution in [0.15, 0.2) is 12.1 Å². The molecule has 1 aliphatic heterocycles. The largest absolute Gasteiger partial charge is 0.454 e. The maximum absolute atomic E-state index is 9.49. The van der Waals surface area contributed by atoms with E-state index in [1.54, 1.807) is 0 Å². The molecule has 1 aromatic carbocycles. The lowest BCUT2D eigenvalue weighted by Crippen LogP contribution is -2.28. The van der Waals surface area contributed by atoms with E-state index in [9.17, 15) is 5.26 Å². The summed E-state index contributed by atoms with van der Waals surface area (Å²) in [6.07, 6.45) is 1.94. The van der Waals surface area contributed by atoms with Crippen LogP contribution < -0.4 is 9.47 Å². The zero-order valence-corrected chi connectivity index (χ0v) is 11.6. The molecule has 0 saturated heterocycles. The highest BCUT2D eigenvalue weighted by molar-refractivity contribution is 5.50. The number of fused-ring (bicyclic) bond motifs is 1. The number of hydrogen-bond acceptors (Lipinski definition) is 4. The van der Waals surface area contributed by atoms with E-state index < -0.39 is 0 Å².